The zero-order chi connectivity index (χ0) is 12.5. The van der Waals surface area contributed by atoms with Crippen LogP contribution >= 0.6 is 15.9 Å². The van der Waals surface area contributed by atoms with Crippen molar-refractivity contribution >= 4 is 15.9 Å². The van der Waals surface area contributed by atoms with Gasteiger partial charge in [-0.25, -0.2) is 5.43 Å². The number of pyridine rings is 1. The third kappa shape index (κ3) is 2.31. The number of halogens is 1. The van der Waals surface area contributed by atoms with Gasteiger partial charge < -0.3 is 5.01 Å². The molecule has 1 aromatic heterocycles. The predicted octanol–water partition coefficient (Wildman–Crippen LogP) is 3.43. The van der Waals surface area contributed by atoms with Crippen molar-refractivity contribution in [2.45, 2.75) is 44.7 Å². The van der Waals surface area contributed by atoms with Crippen LogP contribution in [0.2, 0.25) is 0 Å². The number of hydrogen-bond donors (Lipinski definition) is 1. The van der Waals surface area contributed by atoms with E-state index in [1.807, 2.05) is 13.0 Å². The lowest BCUT2D eigenvalue weighted by molar-refractivity contribution is 0.201. The monoisotopic (exact) mass is 307 g/mol. The van der Waals surface area contributed by atoms with Gasteiger partial charge >= 0.3 is 0 Å². The lowest BCUT2D eigenvalue weighted by Gasteiger charge is -2.25. The van der Waals surface area contributed by atoms with Gasteiger partial charge in [0.25, 0.3) is 0 Å². The normalized spacial score (nSPS) is 24.7. The first kappa shape index (κ1) is 12.2. The highest BCUT2D eigenvalue weighted by Gasteiger charge is 2.30. The van der Waals surface area contributed by atoms with E-state index in [4.69, 9.17) is 0 Å². The van der Waals surface area contributed by atoms with Crippen molar-refractivity contribution in [1.82, 2.24) is 15.4 Å². The molecule has 1 atom stereocenters. The highest BCUT2D eigenvalue weighted by atomic mass is 79.9. The first-order chi connectivity index (χ1) is 8.74. The molecule has 1 aliphatic heterocycles. The van der Waals surface area contributed by atoms with E-state index in [2.05, 4.69) is 49.7 Å². The van der Waals surface area contributed by atoms with Crippen molar-refractivity contribution in [3.63, 3.8) is 0 Å². The molecule has 2 heterocycles. The van der Waals surface area contributed by atoms with Crippen molar-refractivity contribution in [1.29, 1.82) is 0 Å². The van der Waals surface area contributed by atoms with Crippen LogP contribution in [0.1, 0.15) is 43.1 Å². The molecule has 0 aromatic carbocycles. The highest BCUT2D eigenvalue weighted by Crippen LogP contribution is 2.34. The van der Waals surface area contributed by atoms with Crippen LogP contribution in [0.4, 0.5) is 0 Å². The van der Waals surface area contributed by atoms with Gasteiger partial charge in [0.05, 0.1) is 5.69 Å². The van der Waals surface area contributed by atoms with Crippen molar-refractivity contribution < 1.29 is 0 Å². The van der Waals surface area contributed by atoms with Crippen molar-refractivity contribution in [2.24, 2.45) is 0 Å². The second-order valence-electron chi connectivity index (χ2n) is 5.13. The molecule has 1 unspecified atom stereocenters. The molecule has 2 aliphatic rings. The van der Waals surface area contributed by atoms with Crippen molar-refractivity contribution in [3.05, 3.63) is 40.3 Å². The van der Waals surface area contributed by atoms with E-state index < -0.39 is 0 Å². The Morgan fingerprint density at radius 1 is 1.33 bits per heavy atom. The number of nitrogens with one attached hydrogen (secondary N) is 1. The van der Waals surface area contributed by atoms with Crippen molar-refractivity contribution in [2.75, 3.05) is 0 Å². The summed E-state index contributed by atoms with van der Waals surface area (Å²) in [5, 5.41) is 2.27. The minimum absolute atomic E-state index is 0.172. The van der Waals surface area contributed by atoms with Gasteiger partial charge in [-0.1, -0.05) is 34.8 Å². The Hall–Kier alpha value is -0.870. The van der Waals surface area contributed by atoms with Crippen LogP contribution in [0.15, 0.2) is 28.9 Å². The number of nitrogens with zero attached hydrogens (tertiary/aromatic N) is 2. The van der Waals surface area contributed by atoms with Gasteiger partial charge in [-0.05, 0) is 31.9 Å². The number of aromatic nitrogens is 1. The summed E-state index contributed by atoms with van der Waals surface area (Å²) in [5.41, 5.74) is 5.70. The Morgan fingerprint density at radius 2 is 2.11 bits per heavy atom. The maximum atomic E-state index is 4.61. The smallest absolute Gasteiger partial charge is 0.101 e. The van der Waals surface area contributed by atoms with Gasteiger partial charge in [0, 0.05) is 22.4 Å². The predicted molar refractivity (Wildman–Crippen MR) is 76.0 cm³/mol. The van der Waals surface area contributed by atoms with Crippen molar-refractivity contribution in [3.8, 4) is 0 Å². The Labute approximate surface area is 116 Å². The van der Waals surface area contributed by atoms with E-state index in [0.29, 0.717) is 6.04 Å². The molecule has 3 rings (SSSR count). The topological polar surface area (TPSA) is 28.2 Å². The molecule has 1 aromatic rings. The molecular weight excluding hydrogens is 290 g/mol. The lowest BCUT2D eigenvalue weighted by Crippen LogP contribution is -2.38. The second-order valence-corrected chi connectivity index (χ2v) is 6.04. The van der Waals surface area contributed by atoms with Gasteiger partial charge in [-0.2, -0.15) is 0 Å². The Bertz CT molecular complexity index is 466. The molecule has 4 heteroatoms. The molecule has 18 heavy (non-hydrogen) atoms. The molecule has 0 radical (unpaired) electrons. The average Bonchev–Trinajstić information content (AvgIpc) is 2.97. The van der Waals surface area contributed by atoms with E-state index in [0.717, 1.165) is 11.4 Å². The van der Waals surface area contributed by atoms with Crippen LogP contribution in [0, 0.1) is 6.92 Å². The summed E-state index contributed by atoms with van der Waals surface area (Å²) < 4.78 is 1.17. The maximum absolute atomic E-state index is 4.61. The zero-order valence-electron chi connectivity index (χ0n) is 10.6. The van der Waals surface area contributed by atoms with Gasteiger partial charge in [0.15, 0.2) is 0 Å². The average molecular weight is 308 g/mol. The van der Waals surface area contributed by atoms with Crippen LogP contribution in [0.3, 0.4) is 0 Å². The fraction of sp³-hybridized carbons (Fsp3) is 0.500. The van der Waals surface area contributed by atoms with Crippen LogP contribution in [-0.4, -0.2) is 16.0 Å². The standard InChI is InChI=1S/C14H18BrN3/c1-10-5-4-8-13(16-10)14-12(15)9-18(17-14)11-6-2-3-7-11/h4-5,8-9,11,14,17H,2-3,6-7H2,1H3. The van der Waals surface area contributed by atoms with Gasteiger partial charge in [0.1, 0.15) is 6.04 Å². The van der Waals surface area contributed by atoms with E-state index in [1.54, 1.807) is 0 Å². The minimum Gasteiger partial charge on any atom is -0.311 e. The largest absolute Gasteiger partial charge is 0.311 e. The summed E-state index contributed by atoms with van der Waals surface area (Å²) in [6, 6.07) is 7.00. The Balaban J connectivity index is 1.78. The molecular formula is C14H18BrN3. The summed E-state index contributed by atoms with van der Waals surface area (Å²) >= 11 is 3.67. The number of hydrazine groups is 1. The SMILES string of the molecule is Cc1cccc(C2NN(C3CCCC3)C=C2Br)n1. The molecule has 0 spiro atoms. The van der Waals surface area contributed by atoms with Gasteiger partial charge in [-0.3, -0.25) is 4.98 Å². The third-order valence-electron chi connectivity index (χ3n) is 3.74. The van der Waals surface area contributed by atoms with Crippen LogP contribution in [0.25, 0.3) is 0 Å². The lowest BCUT2D eigenvalue weighted by atomic mass is 10.2. The first-order valence-electron chi connectivity index (χ1n) is 6.59. The molecule has 1 N–H and O–H groups in total. The third-order valence-corrected chi connectivity index (χ3v) is 4.40. The number of hydrogen-bond acceptors (Lipinski definition) is 3. The highest BCUT2D eigenvalue weighted by molar-refractivity contribution is 9.11. The summed E-state index contributed by atoms with van der Waals surface area (Å²) in [5.74, 6) is 0. The fourth-order valence-electron chi connectivity index (χ4n) is 2.78. The van der Waals surface area contributed by atoms with E-state index >= 15 is 0 Å². The summed E-state index contributed by atoms with van der Waals surface area (Å²) in [6.07, 6.45) is 7.46. The molecule has 1 fully saturated rings. The number of rotatable bonds is 2. The van der Waals surface area contributed by atoms with Crippen LogP contribution < -0.4 is 5.43 Å². The Kier molecular flexibility index (Phi) is 3.39. The maximum Gasteiger partial charge on any atom is 0.101 e. The fourth-order valence-corrected chi connectivity index (χ4v) is 3.34. The van der Waals surface area contributed by atoms with Gasteiger partial charge in [0.2, 0.25) is 0 Å². The summed E-state index contributed by atoms with van der Waals surface area (Å²) in [6.45, 7) is 2.03. The number of aryl methyl sites for hydroxylation is 1. The second kappa shape index (κ2) is 5.02. The molecule has 3 nitrogen and oxygen atoms in total. The zero-order valence-corrected chi connectivity index (χ0v) is 12.2. The van der Waals surface area contributed by atoms with Crippen LogP contribution in [0.5, 0.6) is 0 Å². The molecule has 0 amide bonds. The van der Waals surface area contributed by atoms with Gasteiger partial charge in [-0.15, -0.1) is 0 Å². The summed E-state index contributed by atoms with van der Waals surface area (Å²) in [4.78, 5) is 4.61. The quantitative estimate of drug-likeness (QED) is 0.907. The molecule has 0 saturated heterocycles. The van der Waals surface area contributed by atoms with E-state index in [-0.39, 0.29) is 6.04 Å². The molecule has 96 valence electrons. The van der Waals surface area contributed by atoms with E-state index in [1.165, 1.54) is 30.2 Å². The molecule has 1 aliphatic carbocycles. The first-order valence-corrected chi connectivity index (χ1v) is 7.38. The van der Waals surface area contributed by atoms with Crippen LogP contribution in [-0.2, 0) is 0 Å². The molecule has 0 bridgehead atoms. The van der Waals surface area contributed by atoms with E-state index in [9.17, 15) is 0 Å². The Morgan fingerprint density at radius 3 is 2.83 bits per heavy atom. The molecule has 1 saturated carbocycles. The minimum atomic E-state index is 0.172. The summed E-state index contributed by atoms with van der Waals surface area (Å²) in [7, 11) is 0.